The van der Waals surface area contributed by atoms with Crippen molar-refractivity contribution < 1.29 is 4.39 Å². The molecule has 0 aliphatic heterocycles. The Bertz CT molecular complexity index is 509. The van der Waals surface area contributed by atoms with E-state index in [2.05, 4.69) is 45.1 Å². The van der Waals surface area contributed by atoms with Crippen molar-refractivity contribution in [2.75, 3.05) is 5.32 Å². The standard InChI is InChI=1S/C12H15BrFN3/c1-7(13)5-8(2)15-12-16-10-4-3-9(14)6-11(10)17-12/h3-4,6-8H,5H2,1-2H3,(H2,15,16,17). The molecule has 2 atom stereocenters. The number of hydrogen-bond donors (Lipinski definition) is 2. The third-order valence-corrected chi connectivity index (χ3v) is 2.88. The van der Waals surface area contributed by atoms with E-state index >= 15 is 0 Å². The van der Waals surface area contributed by atoms with Crippen molar-refractivity contribution in [2.24, 2.45) is 0 Å². The number of aromatic amines is 1. The maximum atomic E-state index is 13.0. The van der Waals surface area contributed by atoms with Crippen LogP contribution in [0.5, 0.6) is 0 Å². The molecule has 0 amide bonds. The molecule has 17 heavy (non-hydrogen) atoms. The number of aromatic nitrogens is 2. The van der Waals surface area contributed by atoms with E-state index in [0.717, 1.165) is 11.9 Å². The molecule has 3 nitrogen and oxygen atoms in total. The smallest absolute Gasteiger partial charge is 0.201 e. The van der Waals surface area contributed by atoms with Crippen molar-refractivity contribution >= 4 is 32.9 Å². The molecule has 1 aromatic heterocycles. The van der Waals surface area contributed by atoms with Crippen LogP contribution in [-0.2, 0) is 0 Å². The van der Waals surface area contributed by atoms with Crippen LogP contribution in [0.1, 0.15) is 20.3 Å². The zero-order valence-corrected chi connectivity index (χ0v) is 11.4. The topological polar surface area (TPSA) is 40.7 Å². The lowest BCUT2D eigenvalue weighted by Crippen LogP contribution is -2.19. The maximum absolute atomic E-state index is 13.0. The van der Waals surface area contributed by atoms with Crippen LogP contribution in [0.25, 0.3) is 11.0 Å². The number of nitrogens with one attached hydrogen (secondary N) is 2. The fourth-order valence-corrected chi connectivity index (χ4v) is 2.39. The number of imidazole rings is 1. The quantitative estimate of drug-likeness (QED) is 0.846. The molecule has 0 radical (unpaired) electrons. The van der Waals surface area contributed by atoms with E-state index in [9.17, 15) is 4.39 Å². The number of fused-ring (bicyclic) bond motifs is 1. The van der Waals surface area contributed by atoms with Crippen LogP contribution >= 0.6 is 15.9 Å². The summed E-state index contributed by atoms with van der Waals surface area (Å²) in [6, 6.07) is 4.83. The van der Waals surface area contributed by atoms with Gasteiger partial charge in [-0.1, -0.05) is 22.9 Å². The van der Waals surface area contributed by atoms with Crippen molar-refractivity contribution in [3.05, 3.63) is 24.0 Å². The predicted octanol–water partition coefficient (Wildman–Crippen LogP) is 3.68. The van der Waals surface area contributed by atoms with E-state index in [0.29, 0.717) is 22.3 Å². The van der Waals surface area contributed by atoms with Crippen LogP contribution in [0, 0.1) is 5.82 Å². The summed E-state index contributed by atoms with van der Waals surface area (Å²) < 4.78 is 13.0. The minimum atomic E-state index is -0.255. The Kier molecular flexibility index (Phi) is 3.66. The molecule has 0 spiro atoms. The van der Waals surface area contributed by atoms with E-state index in [1.165, 1.54) is 12.1 Å². The second kappa shape index (κ2) is 5.04. The molecule has 0 aliphatic rings. The number of rotatable bonds is 4. The molecule has 0 saturated heterocycles. The Morgan fingerprint density at radius 3 is 2.94 bits per heavy atom. The average Bonchev–Trinajstić information content (AvgIpc) is 2.57. The maximum Gasteiger partial charge on any atom is 0.201 e. The van der Waals surface area contributed by atoms with Crippen LogP contribution in [0.2, 0.25) is 0 Å². The molecule has 0 bridgehead atoms. The molecule has 2 N–H and O–H groups in total. The second-order valence-electron chi connectivity index (χ2n) is 4.31. The van der Waals surface area contributed by atoms with E-state index in [4.69, 9.17) is 0 Å². The molecule has 1 heterocycles. The van der Waals surface area contributed by atoms with Gasteiger partial charge < -0.3 is 10.3 Å². The summed E-state index contributed by atoms with van der Waals surface area (Å²) >= 11 is 3.51. The number of alkyl halides is 1. The third kappa shape index (κ3) is 3.19. The normalized spacial score (nSPS) is 14.8. The first-order chi connectivity index (χ1) is 8.04. The monoisotopic (exact) mass is 299 g/mol. The summed E-state index contributed by atoms with van der Waals surface area (Å²) in [6.45, 7) is 4.19. The first-order valence-electron chi connectivity index (χ1n) is 5.60. The third-order valence-electron chi connectivity index (χ3n) is 2.51. The highest BCUT2D eigenvalue weighted by Gasteiger charge is 2.09. The van der Waals surface area contributed by atoms with E-state index < -0.39 is 0 Å². The van der Waals surface area contributed by atoms with Crippen molar-refractivity contribution in [1.29, 1.82) is 0 Å². The highest BCUT2D eigenvalue weighted by atomic mass is 79.9. The minimum absolute atomic E-state index is 0.255. The predicted molar refractivity (Wildman–Crippen MR) is 72.1 cm³/mol. The molecule has 0 fully saturated rings. The molecular weight excluding hydrogens is 285 g/mol. The van der Waals surface area contributed by atoms with E-state index in [1.54, 1.807) is 6.07 Å². The van der Waals surface area contributed by atoms with Gasteiger partial charge >= 0.3 is 0 Å². The number of benzene rings is 1. The van der Waals surface area contributed by atoms with Gasteiger partial charge in [0.15, 0.2) is 0 Å². The number of H-pyrrole nitrogens is 1. The van der Waals surface area contributed by atoms with Gasteiger partial charge in [-0.2, -0.15) is 0 Å². The van der Waals surface area contributed by atoms with Gasteiger partial charge in [-0.05, 0) is 31.5 Å². The first-order valence-corrected chi connectivity index (χ1v) is 6.52. The van der Waals surface area contributed by atoms with Gasteiger partial charge in [-0.25, -0.2) is 9.37 Å². The van der Waals surface area contributed by atoms with Crippen molar-refractivity contribution in [1.82, 2.24) is 9.97 Å². The molecule has 0 saturated carbocycles. The molecule has 1 aromatic carbocycles. The van der Waals surface area contributed by atoms with Crippen molar-refractivity contribution in [2.45, 2.75) is 31.1 Å². The van der Waals surface area contributed by atoms with E-state index in [-0.39, 0.29) is 5.82 Å². The Hall–Kier alpha value is -1.10. The van der Waals surface area contributed by atoms with Gasteiger partial charge in [-0.3, -0.25) is 0 Å². The Labute approximate surface area is 108 Å². The lowest BCUT2D eigenvalue weighted by atomic mass is 10.2. The molecule has 92 valence electrons. The summed E-state index contributed by atoms with van der Waals surface area (Å²) in [5.41, 5.74) is 1.49. The number of nitrogens with zero attached hydrogens (tertiary/aromatic N) is 1. The fraction of sp³-hybridized carbons (Fsp3) is 0.417. The Morgan fingerprint density at radius 1 is 1.47 bits per heavy atom. The van der Waals surface area contributed by atoms with Crippen LogP contribution in [0.15, 0.2) is 18.2 Å². The molecule has 2 unspecified atom stereocenters. The highest BCUT2D eigenvalue weighted by molar-refractivity contribution is 9.09. The van der Waals surface area contributed by atoms with Gasteiger partial charge in [0.2, 0.25) is 5.95 Å². The van der Waals surface area contributed by atoms with Gasteiger partial charge in [0, 0.05) is 10.9 Å². The summed E-state index contributed by atoms with van der Waals surface area (Å²) in [5.74, 6) is 0.432. The number of hydrogen-bond acceptors (Lipinski definition) is 2. The second-order valence-corrected chi connectivity index (χ2v) is 5.87. The SMILES string of the molecule is CC(Br)CC(C)Nc1nc2ccc(F)cc2[nH]1. The molecular formula is C12H15BrFN3. The van der Waals surface area contributed by atoms with Gasteiger partial charge in [-0.15, -0.1) is 0 Å². The van der Waals surface area contributed by atoms with Crippen LogP contribution in [0.3, 0.4) is 0 Å². The van der Waals surface area contributed by atoms with Crippen molar-refractivity contribution in [3.8, 4) is 0 Å². The van der Waals surface area contributed by atoms with Crippen LogP contribution < -0.4 is 5.32 Å². The lowest BCUT2D eigenvalue weighted by molar-refractivity contribution is 0.629. The fourth-order valence-electron chi connectivity index (χ4n) is 1.83. The van der Waals surface area contributed by atoms with Crippen molar-refractivity contribution in [3.63, 3.8) is 0 Å². The van der Waals surface area contributed by atoms with E-state index in [1.807, 2.05) is 0 Å². The number of halogens is 2. The first kappa shape index (κ1) is 12.4. The van der Waals surface area contributed by atoms with Gasteiger partial charge in [0.25, 0.3) is 0 Å². The Balaban J connectivity index is 2.14. The molecule has 0 aliphatic carbocycles. The zero-order chi connectivity index (χ0) is 12.4. The van der Waals surface area contributed by atoms with Crippen LogP contribution in [-0.4, -0.2) is 20.8 Å². The molecule has 5 heteroatoms. The molecule has 2 aromatic rings. The summed E-state index contributed by atoms with van der Waals surface area (Å²) in [5, 5.41) is 3.26. The largest absolute Gasteiger partial charge is 0.353 e. The van der Waals surface area contributed by atoms with Gasteiger partial charge in [0.05, 0.1) is 11.0 Å². The summed E-state index contributed by atoms with van der Waals surface area (Å²) in [7, 11) is 0. The van der Waals surface area contributed by atoms with Gasteiger partial charge in [0.1, 0.15) is 5.82 Å². The lowest BCUT2D eigenvalue weighted by Gasteiger charge is -2.13. The number of anilines is 1. The zero-order valence-electron chi connectivity index (χ0n) is 9.80. The minimum Gasteiger partial charge on any atom is -0.353 e. The summed E-state index contributed by atoms with van der Waals surface area (Å²) in [6.07, 6.45) is 0.991. The summed E-state index contributed by atoms with van der Waals surface area (Å²) in [4.78, 5) is 7.87. The van der Waals surface area contributed by atoms with Crippen LogP contribution in [0.4, 0.5) is 10.3 Å². The molecule has 2 rings (SSSR count). The Morgan fingerprint density at radius 2 is 2.24 bits per heavy atom. The average molecular weight is 300 g/mol. The highest BCUT2D eigenvalue weighted by Crippen LogP contribution is 2.17.